The molecule has 5 heteroatoms. The standard InChI is InChI=1S/C19H15Br2NO2/c20-14-6-4-13(5-7-14)18-10-8-17(24-18)9-11-19(23)22-16-3-1-2-15(21)12-16/h1-8,10,12H,9,11H2,(H,22,23). The first-order valence-electron chi connectivity index (χ1n) is 7.50. The van der Waals surface area contributed by atoms with Gasteiger partial charge in [-0.15, -0.1) is 0 Å². The summed E-state index contributed by atoms with van der Waals surface area (Å²) in [6.07, 6.45) is 0.941. The molecule has 2 aromatic carbocycles. The molecule has 3 nitrogen and oxygen atoms in total. The van der Waals surface area contributed by atoms with Crippen molar-refractivity contribution in [3.05, 3.63) is 75.4 Å². The minimum atomic E-state index is -0.0327. The maximum absolute atomic E-state index is 12.0. The van der Waals surface area contributed by atoms with Crippen molar-refractivity contribution in [3.8, 4) is 11.3 Å². The second kappa shape index (κ2) is 7.81. The van der Waals surface area contributed by atoms with Gasteiger partial charge in [-0.1, -0.05) is 50.1 Å². The SMILES string of the molecule is O=C(CCc1ccc(-c2ccc(Br)cc2)o1)Nc1cccc(Br)c1. The molecule has 3 aromatic rings. The number of anilines is 1. The number of amides is 1. The first-order valence-corrected chi connectivity index (χ1v) is 9.09. The molecule has 0 fully saturated rings. The largest absolute Gasteiger partial charge is 0.461 e. The fraction of sp³-hybridized carbons (Fsp3) is 0.105. The number of aryl methyl sites for hydroxylation is 1. The van der Waals surface area contributed by atoms with Crippen LogP contribution in [0.1, 0.15) is 12.2 Å². The van der Waals surface area contributed by atoms with Gasteiger partial charge in [-0.25, -0.2) is 0 Å². The Morgan fingerprint density at radius 2 is 1.75 bits per heavy atom. The quantitative estimate of drug-likeness (QED) is 0.516. The van der Waals surface area contributed by atoms with Gasteiger partial charge in [0.2, 0.25) is 5.91 Å². The number of nitrogens with one attached hydrogen (secondary N) is 1. The van der Waals surface area contributed by atoms with Crippen LogP contribution in [0.15, 0.2) is 74.0 Å². The van der Waals surface area contributed by atoms with Crippen LogP contribution >= 0.6 is 31.9 Å². The maximum atomic E-state index is 12.0. The number of benzene rings is 2. The van der Waals surface area contributed by atoms with Crippen molar-refractivity contribution in [2.45, 2.75) is 12.8 Å². The zero-order valence-electron chi connectivity index (χ0n) is 12.8. The van der Waals surface area contributed by atoms with Crippen LogP contribution in [-0.2, 0) is 11.2 Å². The van der Waals surface area contributed by atoms with Crippen LogP contribution in [0.5, 0.6) is 0 Å². The third-order valence-electron chi connectivity index (χ3n) is 3.50. The molecule has 0 aliphatic heterocycles. The van der Waals surface area contributed by atoms with E-state index in [9.17, 15) is 4.79 Å². The topological polar surface area (TPSA) is 42.2 Å². The van der Waals surface area contributed by atoms with Crippen molar-refractivity contribution >= 4 is 43.5 Å². The molecule has 1 aromatic heterocycles. The summed E-state index contributed by atoms with van der Waals surface area (Å²) in [4.78, 5) is 12.0. The van der Waals surface area contributed by atoms with Crippen molar-refractivity contribution in [2.75, 3.05) is 5.32 Å². The Balaban J connectivity index is 1.57. The minimum absolute atomic E-state index is 0.0327. The predicted molar refractivity (Wildman–Crippen MR) is 103 cm³/mol. The smallest absolute Gasteiger partial charge is 0.224 e. The number of rotatable bonds is 5. The van der Waals surface area contributed by atoms with E-state index in [4.69, 9.17) is 4.42 Å². The molecule has 0 saturated heterocycles. The second-order valence-corrected chi connectivity index (χ2v) is 7.16. The molecule has 1 amide bonds. The van der Waals surface area contributed by atoms with Crippen LogP contribution in [0.3, 0.4) is 0 Å². The molecule has 0 spiro atoms. The van der Waals surface area contributed by atoms with Gasteiger partial charge in [-0.2, -0.15) is 0 Å². The number of furan rings is 1. The highest BCUT2D eigenvalue weighted by Crippen LogP contribution is 2.24. The Kier molecular flexibility index (Phi) is 5.53. The predicted octanol–water partition coefficient (Wildman–Crippen LogP) is 6.04. The molecule has 1 heterocycles. The highest BCUT2D eigenvalue weighted by Gasteiger charge is 2.08. The maximum Gasteiger partial charge on any atom is 0.224 e. The zero-order valence-corrected chi connectivity index (χ0v) is 15.9. The molecule has 0 aliphatic rings. The first kappa shape index (κ1) is 17.0. The summed E-state index contributed by atoms with van der Waals surface area (Å²) in [5.74, 6) is 1.58. The summed E-state index contributed by atoms with van der Waals surface area (Å²) in [5.41, 5.74) is 1.80. The van der Waals surface area contributed by atoms with Crippen LogP contribution in [0, 0.1) is 0 Å². The summed E-state index contributed by atoms with van der Waals surface area (Å²) >= 11 is 6.81. The van der Waals surface area contributed by atoms with Crippen LogP contribution in [0.2, 0.25) is 0 Å². The molecule has 122 valence electrons. The molecule has 1 N–H and O–H groups in total. The first-order chi connectivity index (χ1) is 11.6. The number of hydrogen-bond donors (Lipinski definition) is 1. The van der Waals surface area contributed by atoms with Gasteiger partial charge in [0.1, 0.15) is 11.5 Å². The van der Waals surface area contributed by atoms with Crippen molar-refractivity contribution in [1.82, 2.24) is 0 Å². The van der Waals surface area contributed by atoms with Crippen LogP contribution in [0.25, 0.3) is 11.3 Å². The highest BCUT2D eigenvalue weighted by atomic mass is 79.9. The van der Waals surface area contributed by atoms with Crippen molar-refractivity contribution < 1.29 is 9.21 Å². The summed E-state index contributed by atoms with van der Waals surface area (Å²) in [6.45, 7) is 0. The van der Waals surface area contributed by atoms with Gasteiger partial charge in [0.15, 0.2) is 0 Å². The molecule has 0 saturated carbocycles. The van der Waals surface area contributed by atoms with Gasteiger partial charge in [-0.05, 0) is 42.5 Å². The lowest BCUT2D eigenvalue weighted by molar-refractivity contribution is -0.116. The fourth-order valence-electron chi connectivity index (χ4n) is 2.31. The minimum Gasteiger partial charge on any atom is -0.461 e. The van der Waals surface area contributed by atoms with E-state index in [-0.39, 0.29) is 5.91 Å². The average Bonchev–Trinajstić information content (AvgIpc) is 3.03. The monoisotopic (exact) mass is 447 g/mol. The Morgan fingerprint density at radius 3 is 2.50 bits per heavy atom. The summed E-state index contributed by atoms with van der Waals surface area (Å²) in [5, 5.41) is 2.88. The summed E-state index contributed by atoms with van der Waals surface area (Å²) < 4.78 is 7.79. The number of halogens is 2. The van der Waals surface area contributed by atoms with Crippen LogP contribution in [0.4, 0.5) is 5.69 Å². The van der Waals surface area contributed by atoms with Crippen LogP contribution in [-0.4, -0.2) is 5.91 Å². The van der Waals surface area contributed by atoms with E-state index >= 15 is 0 Å². The van der Waals surface area contributed by atoms with Crippen LogP contribution < -0.4 is 5.32 Å². The molecule has 24 heavy (non-hydrogen) atoms. The molecular formula is C19H15Br2NO2. The molecule has 0 unspecified atom stereocenters. The van der Waals surface area contributed by atoms with Gasteiger partial charge >= 0.3 is 0 Å². The molecule has 0 radical (unpaired) electrons. The molecular weight excluding hydrogens is 434 g/mol. The zero-order chi connectivity index (χ0) is 16.9. The lowest BCUT2D eigenvalue weighted by Crippen LogP contribution is -2.12. The van der Waals surface area contributed by atoms with Crippen molar-refractivity contribution in [3.63, 3.8) is 0 Å². The Hall–Kier alpha value is -1.85. The van der Waals surface area contributed by atoms with Crippen molar-refractivity contribution in [1.29, 1.82) is 0 Å². The number of carbonyl (C=O) groups excluding carboxylic acids is 1. The van der Waals surface area contributed by atoms with Crippen molar-refractivity contribution in [2.24, 2.45) is 0 Å². The Bertz CT molecular complexity index is 841. The van der Waals surface area contributed by atoms with E-state index in [1.54, 1.807) is 0 Å². The lowest BCUT2D eigenvalue weighted by Gasteiger charge is -2.04. The molecule has 3 rings (SSSR count). The number of carbonyl (C=O) groups is 1. The molecule has 0 atom stereocenters. The third kappa shape index (κ3) is 4.58. The number of hydrogen-bond acceptors (Lipinski definition) is 2. The van der Waals surface area contributed by atoms with E-state index in [0.717, 1.165) is 31.7 Å². The van der Waals surface area contributed by atoms with Gasteiger partial charge < -0.3 is 9.73 Å². The highest BCUT2D eigenvalue weighted by molar-refractivity contribution is 9.10. The lowest BCUT2D eigenvalue weighted by atomic mass is 10.2. The average molecular weight is 449 g/mol. The Morgan fingerprint density at radius 1 is 0.958 bits per heavy atom. The van der Waals surface area contributed by atoms with E-state index in [1.165, 1.54) is 0 Å². The van der Waals surface area contributed by atoms with E-state index in [0.29, 0.717) is 12.8 Å². The van der Waals surface area contributed by atoms with E-state index in [2.05, 4.69) is 37.2 Å². The molecule has 0 aliphatic carbocycles. The fourth-order valence-corrected chi connectivity index (χ4v) is 2.97. The van der Waals surface area contributed by atoms with E-state index < -0.39 is 0 Å². The summed E-state index contributed by atoms with van der Waals surface area (Å²) in [7, 11) is 0. The molecule has 0 bridgehead atoms. The Labute approximate surface area is 157 Å². The third-order valence-corrected chi connectivity index (χ3v) is 4.52. The van der Waals surface area contributed by atoms with Gasteiger partial charge in [-0.3, -0.25) is 4.79 Å². The summed E-state index contributed by atoms with van der Waals surface area (Å²) in [6, 6.07) is 19.3. The van der Waals surface area contributed by atoms with E-state index in [1.807, 2.05) is 60.7 Å². The van der Waals surface area contributed by atoms with Gasteiger partial charge in [0.05, 0.1) is 0 Å². The van der Waals surface area contributed by atoms with Gasteiger partial charge in [0.25, 0.3) is 0 Å². The van der Waals surface area contributed by atoms with Gasteiger partial charge in [0, 0.05) is 33.0 Å². The second-order valence-electron chi connectivity index (χ2n) is 5.33. The normalized spacial score (nSPS) is 10.6.